The Balaban J connectivity index is 1.54. The van der Waals surface area contributed by atoms with Crippen molar-refractivity contribution in [1.29, 1.82) is 0 Å². The van der Waals surface area contributed by atoms with Crippen LogP contribution in [0, 0.1) is 0 Å². The predicted molar refractivity (Wildman–Crippen MR) is 113 cm³/mol. The number of aromatic nitrogens is 2. The molecule has 0 aliphatic carbocycles. The van der Waals surface area contributed by atoms with Crippen molar-refractivity contribution in [2.24, 2.45) is 0 Å². The average molecular weight is 444 g/mol. The topological polar surface area (TPSA) is 90.4 Å². The lowest BCUT2D eigenvalue weighted by Gasteiger charge is -2.11. The summed E-state index contributed by atoms with van der Waals surface area (Å²) >= 11 is 12.4. The Morgan fingerprint density at radius 1 is 1.07 bits per heavy atom. The lowest BCUT2D eigenvalue weighted by molar-refractivity contribution is 0.102. The van der Waals surface area contributed by atoms with Crippen LogP contribution in [0.5, 0.6) is 5.75 Å². The number of hydrogen-bond donors (Lipinski definition) is 1. The molecule has 9 heteroatoms. The normalized spacial score (nSPS) is 10.8. The van der Waals surface area contributed by atoms with Crippen LogP contribution < -0.4 is 10.1 Å². The molecule has 0 unspecified atom stereocenters. The molecule has 1 N–H and O–H groups in total. The van der Waals surface area contributed by atoms with Crippen LogP contribution in [0.15, 0.2) is 63.6 Å². The fraction of sp³-hybridized carbons (Fsp3) is 0.0952. The minimum atomic E-state index is -0.374. The lowest BCUT2D eigenvalue weighted by Crippen LogP contribution is -2.12. The first-order valence-electron chi connectivity index (χ1n) is 8.96. The predicted octanol–water partition coefficient (Wildman–Crippen LogP) is 5.95. The van der Waals surface area contributed by atoms with Crippen molar-refractivity contribution in [2.75, 3.05) is 11.9 Å². The molecule has 0 radical (unpaired) electrons. The van der Waals surface area contributed by atoms with Gasteiger partial charge in [-0.3, -0.25) is 4.79 Å². The van der Waals surface area contributed by atoms with Crippen LogP contribution in [0.1, 0.15) is 17.3 Å². The molecule has 2 heterocycles. The Labute approximate surface area is 181 Å². The maximum absolute atomic E-state index is 12.7. The Hall–Kier alpha value is -3.29. The molecule has 0 fully saturated rings. The zero-order valence-corrected chi connectivity index (χ0v) is 17.2. The van der Waals surface area contributed by atoms with E-state index < -0.39 is 0 Å². The van der Waals surface area contributed by atoms with Crippen LogP contribution in [0.25, 0.3) is 23.1 Å². The van der Waals surface area contributed by atoms with Crippen LogP contribution in [0.3, 0.4) is 0 Å². The number of furan rings is 1. The highest BCUT2D eigenvalue weighted by Crippen LogP contribution is 2.34. The number of carbonyl (C=O) groups is 1. The van der Waals surface area contributed by atoms with Crippen molar-refractivity contribution in [1.82, 2.24) is 10.2 Å². The number of nitrogens with one attached hydrogen (secondary N) is 1. The van der Waals surface area contributed by atoms with Gasteiger partial charge in [0.25, 0.3) is 11.8 Å². The molecule has 0 saturated carbocycles. The van der Waals surface area contributed by atoms with Crippen LogP contribution in [0.2, 0.25) is 10.0 Å². The van der Waals surface area contributed by atoms with Gasteiger partial charge in [0.2, 0.25) is 5.89 Å². The maximum Gasteiger partial charge on any atom is 0.283 e. The zero-order valence-electron chi connectivity index (χ0n) is 15.7. The quantitative estimate of drug-likeness (QED) is 0.395. The van der Waals surface area contributed by atoms with Gasteiger partial charge in [-0.1, -0.05) is 29.3 Å². The molecule has 4 aromatic rings. The molecule has 0 atom stereocenters. The van der Waals surface area contributed by atoms with E-state index in [2.05, 4.69) is 15.5 Å². The van der Waals surface area contributed by atoms with Gasteiger partial charge in [0.1, 0.15) is 0 Å². The van der Waals surface area contributed by atoms with Crippen molar-refractivity contribution in [2.45, 2.75) is 6.92 Å². The van der Waals surface area contributed by atoms with E-state index in [1.807, 2.05) is 6.92 Å². The summed E-state index contributed by atoms with van der Waals surface area (Å²) in [6.07, 6.45) is 1.52. The third-order valence-electron chi connectivity index (χ3n) is 4.07. The van der Waals surface area contributed by atoms with Crippen molar-refractivity contribution in [3.63, 3.8) is 0 Å². The summed E-state index contributed by atoms with van der Waals surface area (Å²) in [5, 5.41) is 11.3. The molecule has 30 heavy (non-hydrogen) atoms. The second kappa shape index (κ2) is 8.61. The number of benzene rings is 2. The minimum Gasteiger partial charge on any atom is -0.491 e. The highest BCUT2D eigenvalue weighted by molar-refractivity contribution is 6.37. The third-order valence-corrected chi connectivity index (χ3v) is 4.63. The summed E-state index contributed by atoms with van der Waals surface area (Å²) in [5.41, 5.74) is 1.48. The van der Waals surface area contributed by atoms with Gasteiger partial charge in [-0.05, 0) is 49.4 Å². The molecule has 0 aliphatic rings. The average Bonchev–Trinajstić information content (AvgIpc) is 3.42. The van der Waals surface area contributed by atoms with E-state index in [1.54, 1.807) is 36.4 Å². The fourth-order valence-electron chi connectivity index (χ4n) is 2.75. The second-order valence-electron chi connectivity index (χ2n) is 6.13. The standard InChI is InChI=1S/C21H15Cl2N3O4/c1-2-28-18-15(22)10-13(11-16(18)23)19(27)24-14-6-3-5-12(9-14)20-25-26-21(30-20)17-7-4-8-29-17/h3-11H,2H2,1H3,(H,24,27). The van der Waals surface area contributed by atoms with Gasteiger partial charge in [0, 0.05) is 16.8 Å². The van der Waals surface area contributed by atoms with Gasteiger partial charge in [0.15, 0.2) is 11.5 Å². The number of carbonyl (C=O) groups excluding carboxylic acids is 1. The minimum absolute atomic E-state index is 0.263. The maximum atomic E-state index is 12.7. The van der Waals surface area contributed by atoms with E-state index in [0.717, 1.165) is 0 Å². The first-order chi connectivity index (χ1) is 14.5. The highest BCUT2D eigenvalue weighted by atomic mass is 35.5. The number of ether oxygens (including phenoxy) is 1. The van der Waals surface area contributed by atoms with E-state index in [-0.39, 0.29) is 21.8 Å². The summed E-state index contributed by atoms with van der Waals surface area (Å²) in [4.78, 5) is 12.7. The third kappa shape index (κ3) is 4.17. The number of halogens is 2. The van der Waals surface area contributed by atoms with Crippen LogP contribution >= 0.6 is 23.2 Å². The lowest BCUT2D eigenvalue weighted by atomic mass is 10.1. The zero-order chi connectivity index (χ0) is 21.1. The second-order valence-corrected chi connectivity index (χ2v) is 6.94. The van der Waals surface area contributed by atoms with Gasteiger partial charge in [-0.25, -0.2) is 0 Å². The first kappa shape index (κ1) is 20.0. The Kier molecular flexibility index (Phi) is 5.74. The number of rotatable bonds is 6. The summed E-state index contributed by atoms with van der Waals surface area (Å²) in [6, 6.07) is 13.5. The van der Waals surface area contributed by atoms with E-state index in [4.69, 9.17) is 36.8 Å². The Morgan fingerprint density at radius 2 is 1.83 bits per heavy atom. The van der Waals surface area contributed by atoms with Crippen LogP contribution in [0.4, 0.5) is 5.69 Å². The number of anilines is 1. The molecule has 0 spiro atoms. The number of amides is 1. The van der Waals surface area contributed by atoms with Crippen molar-refractivity contribution < 1.29 is 18.4 Å². The van der Waals surface area contributed by atoms with E-state index >= 15 is 0 Å². The summed E-state index contributed by atoms with van der Waals surface area (Å²) < 4.78 is 16.3. The smallest absolute Gasteiger partial charge is 0.283 e. The molecule has 0 bridgehead atoms. The highest BCUT2D eigenvalue weighted by Gasteiger charge is 2.16. The molecule has 7 nitrogen and oxygen atoms in total. The van der Waals surface area contributed by atoms with E-state index in [9.17, 15) is 4.79 Å². The van der Waals surface area contributed by atoms with Crippen molar-refractivity contribution in [3.8, 4) is 28.9 Å². The van der Waals surface area contributed by atoms with Gasteiger partial charge < -0.3 is 18.9 Å². The molecular formula is C21H15Cl2N3O4. The molecule has 152 valence electrons. The summed E-state index contributed by atoms with van der Waals surface area (Å²) in [7, 11) is 0. The largest absolute Gasteiger partial charge is 0.491 e. The molecule has 2 aromatic carbocycles. The molecule has 2 aromatic heterocycles. The Morgan fingerprint density at radius 3 is 2.53 bits per heavy atom. The van der Waals surface area contributed by atoms with Gasteiger partial charge >= 0.3 is 0 Å². The van der Waals surface area contributed by atoms with Crippen molar-refractivity contribution in [3.05, 3.63) is 70.4 Å². The van der Waals surface area contributed by atoms with Gasteiger partial charge in [-0.15, -0.1) is 10.2 Å². The fourth-order valence-corrected chi connectivity index (χ4v) is 3.34. The monoisotopic (exact) mass is 443 g/mol. The molecule has 0 saturated heterocycles. The van der Waals surface area contributed by atoms with E-state index in [1.165, 1.54) is 18.4 Å². The van der Waals surface area contributed by atoms with Crippen LogP contribution in [-0.4, -0.2) is 22.7 Å². The summed E-state index contributed by atoms with van der Waals surface area (Å²) in [6.45, 7) is 2.23. The number of nitrogens with zero attached hydrogens (tertiary/aromatic N) is 2. The van der Waals surface area contributed by atoms with Crippen molar-refractivity contribution >= 4 is 34.8 Å². The Bertz CT molecular complexity index is 1170. The van der Waals surface area contributed by atoms with Gasteiger partial charge in [0.05, 0.1) is 22.9 Å². The SMILES string of the molecule is CCOc1c(Cl)cc(C(=O)Nc2cccc(-c3nnc(-c4ccco4)o3)c2)cc1Cl. The number of hydrogen-bond acceptors (Lipinski definition) is 6. The molecule has 0 aliphatic heterocycles. The molecule has 4 rings (SSSR count). The first-order valence-corrected chi connectivity index (χ1v) is 9.71. The van der Waals surface area contributed by atoms with Crippen LogP contribution in [-0.2, 0) is 0 Å². The molecular weight excluding hydrogens is 429 g/mol. The summed E-state index contributed by atoms with van der Waals surface area (Å²) in [5.74, 6) is 1.01. The van der Waals surface area contributed by atoms with Gasteiger partial charge in [-0.2, -0.15) is 0 Å². The molecule has 1 amide bonds. The van der Waals surface area contributed by atoms with E-state index in [0.29, 0.717) is 40.8 Å².